The van der Waals surface area contributed by atoms with E-state index in [0.29, 0.717) is 6.54 Å². The molecule has 128 valence electrons. The molecule has 1 aromatic rings. The number of nitrogens with zero attached hydrogens (tertiary/aromatic N) is 2. The van der Waals surface area contributed by atoms with Crippen LogP contribution in [0.5, 0.6) is 0 Å². The van der Waals surface area contributed by atoms with Gasteiger partial charge in [0.1, 0.15) is 0 Å². The monoisotopic (exact) mass is 317 g/mol. The average molecular weight is 317 g/mol. The molecule has 0 bridgehead atoms. The summed E-state index contributed by atoms with van der Waals surface area (Å²) in [7, 11) is 0. The molecule has 0 aliphatic carbocycles. The summed E-state index contributed by atoms with van der Waals surface area (Å²) in [6, 6.07) is 8.66. The smallest absolute Gasteiger partial charge is 0.317 e. The SMILES string of the molecule is CCN(CC)Cc1ccc(CNC(=O)N2CCC(C)CC2)cc1. The van der Waals surface area contributed by atoms with Gasteiger partial charge in [-0.3, -0.25) is 4.90 Å². The molecule has 0 saturated carbocycles. The molecule has 1 saturated heterocycles. The van der Waals surface area contributed by atoms with Crippen molar-refractivity contribution in [3.63, 3.8) is 0 Å². The maximum Gasteiger partial charge on any atom is 0.317 e. The van der Waals surface area contributed by atoms with Crippen molar-refractivity contribution >= 4 is 6.03 Å². The zero-order valence-corrected chi connectivity index (χ0v) is 14.8. The molecule has 0 aromatic heterocycles. The number of hydrogen-bond acceptors (Lipinski definition) is 2. The highest BCUT2D eigenvalue weighted by Gasteiger charge is 2.19. The Bertz CT molecular complexity index is 474. The zero-order valence-electron chi connectivity index (χ0n) is 14.8. The normalized spacial score (nSPS) is 15.9. The minimum atomic E-state index is 0.0733. The fourth-order valence-electron chi connectivity index (χ4n) is 2.97. The van der Waals surface area contributed by atoms with Crippen LogP contribution in [0.3, 0.4) is 0 Å². The van der Waals surface area contributed by atoms with Crippen LogP contribution in [0, 0.1) is 5.92 Å². The van der Waals surface area contributed by atoms with Crippen LogP contribution in [0.2, 0.25) is 0 Å². The lowest BCUT2D eigenvalue weighted by atomic mass is 10.00. The Morgan fingerprint density at radius 1 is 1.13 bits per heavy atom. The molecule has 4 heteroatoms. The van der Waals surface area contributed by atoms with E-state index in [2.05, 4.69) is 55.3 Å². The van der Waals surface area contributed by atoms with E-state index < -0.39 is 0 Å². The predicted molar refractivity (Wildman–Crippen MR) is 95.3 cm³/mol. The van der Waals surface area contributed by atoms with Gasteiger partial charge in [-0.25, -0.2) is 4.79 Å². The fraction of sp³-hybridized carbons (Fsp3) is 0.632. The van der Waals surface area contributed by atoms with Crippen LogP contribution in [-0.2, 0) is 13.1 Å². The molecule has 2 amide bonds. The first-order valence-corrected chi connectivity index (χ1v) is 8.95. The van der Waals surface area contributed by atoms with E-state index in [9.17, 15) is 4.79 Å². The number of amides is 2. The van der Waals surface area contributed by atoms with Crippen molar-refractivity contribution in [1.29, 1.82) is 0 Å². The first kappa shape index (κ1) is 17.8. The number of benzene rings is 1. The van der Waals surface area contributed by atoms with E-state index in [4.69, 9.17) is 0 Å². The van der Waals surface area contributed by atoms with Gasteiger partial charge in [-0.2, -0.15) is 0 Å². The van der Waals surface area contributed by atoms with Gasteiger partial charge in [-0.1, -0.05) is 45.0 Å². The molecule has 0 spiro atoms. The second-order valence-corrected chi connectivity index (χ2v) is 6.61. The number of likely N-dealkylation sites (tertiary alicyclic amines) is 1. The van der Waals surface area contributed by atoms with Gasteiger partial charge in [0, 0.05) is 26.2 Å². The third-order valence-electron chi connectivity index (χ3n) is 4.84. The highest BCUT2D eigenvalue weighted by molar-refractivity contribution is 5.74. The molecule has 1 aliphatic rings. The summed E-state index contributed by atoms with van der Waals surface area (Å²) in [6.07, 6.45) is 2.24. The Hall–Kier alpha value is -1.55. The van der Waals surface area contributed by atoms with Crippen molar-refractivity contribution in [2.75, 3.05) is 26.2 Å². The maximum absolute atomic E-state index is 12.2. The van der Waals surface area contributed by atoms with E-state index >= 15 is 0 Å². The summed E-state index contributed by atoms with van der Waals surface area (Å²) in [5.74, 6) is 0.748. The van der Waals surface area contributed by atoms with Crippen molar-refractivity contribution in [3.05, 3.63) is 35.4 Å². The molecular formula is C19H31N3O. The molecule has 0 radical (unpaired) electrons. The Kier molecular flexibility index (Phi) is 6.90. The van der Waals surface area contributed by atoms with Crippen molar-refractivity contribution in [2.45, 2.75) is 46.7 Å². The number of carbonyl (C=O) groups is 1. The van der Waals surface area contributed by atoms with E-state index in [1.165, 1.54) is 5.56 Å². The lowest BCUT2D eigenvalue weighted by Gasteiger charge is -2.30. The van der Waals surface area contributed by atoms with E-state index in [1.807, 2.05) is 4.90 Å². The molecule has 2 rings (SSSR count). The summed E-state index contributed by atoms with van der Waals surface area (Å²) in [5.41, 5.74) is 2.49. The number of piperidine rings is 1. The highest BCUT2D eigenvalue weighted by Crippen LogP contribution is 2.16. The molecule has 1 aromatic carbocycles. The second-order valence-electron chi connectivity index (χ2n) is 6.61. The number of urea groups is 1. The van der Waals surface area contributed by atoms with Gasteiger partial charge in [-0.05, 0) is 43.0 Å². The first-order chi connectivity index (χ1) is 11.1. The highest BCUT2D eigenvalue weighted by atomic mass is 16.2. The quantitative estimate of drug-likeness (QED) is 0.872. The summed E-state index contributed by atoms with van der Waals surface area (Å²) in [6.45, 7) is 12.2. The van der Waals surface area contributed by atoms with Gasteiger partial charge >= 0.3 is 6.03 Å². The van der Waals surface area contributed by atoms with Crippen molar-refractivity contribution in [1.82, 2.24) is 15.1 Å². The van der Waals surface area contributed by atoms with Crippen LogP contribution >= 0.6 is 0 Å². The zero-order chi connectivity index (χ0) is 16.7. The van der Waals surface area contributed by atoms with E-state index in [0.717, 1.165) is 57.0 Å². The van der Waals surface area contributed by atoms with Crippen LogP contribution in [0.4, 0.5) is 4.79 Å². The Morgan fingerprint density at radius 3 is 2.26 bits per heavy atom. The predicted octanol–water partition coefficient (Wildman–Crippen LogP) is 3.47. The lowest BCUT2D eigenvalue weighted by Crippen LogP contribution is -2.43. The molecule has 23 heavy (non-hydrogen) atoms. The minimum absolute atomic E-state index is 0.0733. The molecule has 4 nitrogen and oxygen atoms in total. The van der Waals surface area contributed by atoms with Crippen molar-refractivity contribution in [3.8, 4) is 0 Å². The van der Waals surface area contributed by atoms with Crippen molar-refractivity contribution < 1.29 is 4.79 Å². The molecular weight excluding hydrogens is 286 g/mol. The van der Waals surface area contributed by atoms with Gasteiger partial charge in [0.2, 0.25) is 0 Å². The summed E-state index contributed by atoms with van der Waals surface area (Å²) >= 11 is 0. The van der Waals surface area contributed by atoms with Gasteiger partial charge in [-0.15, -0.1) is 0 Å². The summed E-state index contributed by atoms with van der Waals surface area (Å²) < 4.78 is 0. The molecule has 1 aliphatic heterocycles. The van der Waals surface area contributed by atoms with Gasteiger partial charge in [0.15, 0.2) is 0 Å². The van der Waals surface area contributed by atoms with Crippen LogP contribution in [0.1, 0.15) is 44.7 Å². The summed E-state index contributed by atoms with van der Waals surface area (Å²) in [4.78, 5) is 16.5. The number of nitrogens with one attached hydrogen (secondary N) is 1. The molecule has 1 N–H and O–H groups in total. The lowest BCUT2D eigenvalue weighted by molar-refractivity contribution is 0.173. The molecule has 0 atom stereocenters. The Balaban J connectivity index is 1.78. The van der Waals surface area contributed by atoms with Gasteiger partial charge in [0.25, 0.3) is 0 Å². The minimum Gasteiger partial charge on any atom is -0.334 e. The average Bonchev–Trinajstić information content (AvgIpc) is 2.59. The van der Waals surface area contributed by atoms with E-state index in [-0.39, 0.29) is 6.03 Å². The number of carbonyl (C=O) groups excluding carboxylic acids is 1. The number of rotatable bonds is 6. The number of hydrogen-bond donors (Lipinski definition) is 1. The van der Waals surface area contributed by atoms with Crippen LogP contribution in [0.25, 0.3) is 0 Å². The third kappa shape index (κ3) is 5.54. The largest absolute Gasteiger partial charge is 0.334 e. The molecule has 1 fully saturated rings. The van der Waals surface area contributed by atoms with Crippen LogP contribution in [0.15, 0.2) is 24.3 Å². The standard InChI is InChI=1S/C19H31N3O/c1-4-21(5-2)15-18-8-6-17(7-9-18)14-20-19(23)22-12-10-16(3)11-13-22/h6-9,16H,4-5,10-15H2,1-3H3,(H,20,23). The maximum atomic E-state index is 12.2. The van der Waals surface area contributed by atoms with E-state index in [1.54, 1.807) is 0 Å². The Labute approximate surface area is 140 Å². The van der Waals surface area contributed by atoms with Gasteiger partial charge < -0.3 is 10.2 Å². The fourth-order valence-corrected chi connectivity index (χ4v) is 2.97. The molecule has 1 heterocycles. The van der Waals surface area contributed by atoms with Crippen molar-refractivity contribution in [2.24, 2.45) is 5.92 Å². The van der Waals surface area contributed by atoms with Crippen LogP contribution < -0.4 is 5.32 Å². The topological polar surface area (TPSA) is 35.6 Å². The Morgan fingerprint density at radius 2 is 1.70 bits per heavy atom. The molecule has 0 unspecified atom stereocenters. The van der Waals surface area contributed by atoms with Gasteiger partial charge in [0.05, 0.1) is 0 Å². The second kappa shape index (κ2) is 8.92. The van der Waals surface area contributed by atoms with Crippen LogP contribution in [-0.4, -0.2) is 42.0 Å². The summed E-state index contributed by atoms with van der Waals surface area (Å²) in [5, 5.41) is 3.04. The first-order valence-electron chi connectivity index (χ1n) is 8.95. The third-order valence-corrected chi connectivity index (χ3v) is 4.84.